The number of hydrogen-bond acceptors (Lipinski definition) is 6. The summed E-state index contributed by atoms with van der Waals surface area (Å²) >= 11 is 2.81. The number of nitrogens with one attached hydrogen (secondary N) is 2. The minimum atomic E-state index is -0.0427. The van der Waals surface area contributed by atoms with E-state index in [2.05, 4.69) is 41.3 Å². The largest absolute Gasteiger partial charge is 0.357 e. The number of carbonyl (C=O) groups excluding carboxylic acids is 1. The van der Waals surface area contributed by atoms with Crippen molar-refractivity contribution in [3.05, 3.63) is 42.5 Å². The van der Waals surface area contributed by atoms with E-state index in [1.807, 2.05) is 24.3 Å². The predicted molar refractivity (Wildman–Crippen MR) is 98.5 cm³/mol. The molecule has 0 saturated heterocycles. The second kappa shape index (κ2) is 8.69. The van der Waals surface area contributed by atoms with Gasteiger partial charge in [0.15, 0.2) is 4.34 Å². The maximum absolute atomic E-state index is 12.1. The summed E-state index contributed by atoms with van der Waals surface area (Å²) in [7, 11) is 0. The normalized spacial score (nSPS) is 10.6. The summed E-state index contributed by atoms with van der Waals surface area (Å²) in [5, 5.41) is 14.8. The zero-order chi connectivity index (χ0) is 16.7. The first-order valence-electron chi connectivity index (χ1n) is 7.30. The molecule has 0 fully saturated rings. The van der Waals surface area contributed by atoms with Crippen molar-refractivity contribution in [3.8, 4) is 0 Å². The lowest BCUT2D eigenvalue weighted by molar-refractivity contribution is -0.113. The van der Waals surface area contributed by atoms with Crippen molar-refractivity contribution in [3.63, 3.8) is 0 Å². The fraction of sp³-hybridized carbons (Fsp3) is 0.312. The molecule has 23 heavy (non-hydrogen) atoms. The molecule has 0 unspecified atom stereocenters. The van der Waals surface area contributed by atoms with Crippen molar-refractivity contribution in [2.24, 2.45) is 0 Å². The molecular weight excluding hydrogens is 328 g/mol. The lowest BCUT2D eigenvalue weighted by Gasteiger charge is -2.13. The van der Waals surface area contributed by atoms with Crippen LogP contribution in [-0.2, 0) is 4.79 Å². The van der Waals surface area contributed by atoms with Gasteiger partial charge in [-0.25, -0.2) is 0 Å². The number of hydrogen-bond donors (Lipinski definition) is 2. The third-order valence-corrected chi connectivity index (χ3v) is 5.00. The van der Waals surface area contributed by atoms with Crippen LogP contribution in [0.4, 0.5) is 10.8 Å². The van der Waals surface area contributed by atoms with E-state index < -0.39 is 0 Å². The molecule has 1 aromatic heterocycles. The van der Waals surface area contributed by atoms with Gasteiger partial charge in [-0.2, -0.15) is 0 Å². The zero-order valence-corrected chi connectivity index (χ0v) is 14.8. The van der Waals surface area contributed by atoms with Gasteiger partial charge in [-0.3, -0.25) is 4.79 Å². The predicted octanol–water partition coefficient (Wildman–Crippen LogP) is 3.99. The summed E-state index contributed by atoms with van der Waals surface area (Å²) < 4.78 is 0.767. The first kappa shape index (κ1) is 17.5. The molecule has 2 rings (SSSR count). The summed E-state index contributed by atoms with van der Waals surface area (Å²) in [4.78, 5) is 12.1. The van der Waals surface area contributed by atoms with Crippen molar-refractivity contribution in [2.45, 2.75) is 24.1 Å². The van der Waals surface area contributed by atoms with Crippen molar-refractivity contribution in [2.75, 3.05) is 22.9 Å². The van der Waals surface area contributed by atoms with E-state index in [0.29, 0.717) is 18.2 Å². The number of aromatic nitrogens is 2. The van der Waals surface area contributed by atoms with Crippen LogP contribution in [0.1, 0.15) is 25.3 Å². The second-order valence-corrected chi connectivity index (χ2v) is 7.32. The van der Waals surface area contributed by atoms with Gasteiger partial charge in [0.05, 0.1) is 5.75 Å². The van der Waals surface area contributed by atoms with Crippen molar-refractivity contribution < 1.29 is 4.79 Å². The van der Waals surface area contributed by atoms with Crippen LogP contribution >= 0.6 is 23.1 Å². The van der Waals surface area contributed by atoms with Crippen molar-refractivity contribution in [1.82, 2.24) is 10.2 Å². The Bertz CT molecular complexity index is 670. The number of anilines is 2. The number of thioether (sulfide) groups is 1. The number of carbonyl (C=O) groups is 1. The Balaban J connectivity index is 1.88. The van der Waals surface area contributed by atoms with E-state index in [-0.39, 0.29) is 5.91 Å². The van der Waals surface area contributed by atoms with Crippen LogP contribution in [0.25, 0.3) is 0 Å². The lowest BCUT2D eigenvalue weighted by Crippen LogP contribution is -2.15. The van der Waals surface area contributed by atoms with Gasteiger partial charge in [0.1, 0.15) is 0 Å². The smallest absolute Gasteiger partial charge is 0.234 e. The van der Waals surface area contributed by atoms with Crippen LogP contribution in [0.5, 0.6) is 0 Å². The van der Waals surface area contributed by atoms with Gasteiger partial charge in [0, 0.05) is 12.2 Å². The van der Waals surface area contributed by atoms with Gasteiger partial charge in [-0.15, -0.1) is 16.8 Å². The summed E-state index contributed by atoms with van der Waals surface area (Å²) in [6, 6.07) is 7.88. The number of nitrogens with zero attached hydrogens (tertiary/aromatic N) is 2. The van der Waals surface area contributed by atoms with Crippen molar-refractivity contribution in [1.29, 1.82) is 0 Å². The average molecular weight is 348 g/mol. The summed E-state index contributed by atoms with van der Waals surface area (Å²) in [6.45, 7) is 8.50. The molecule has 122 valence electrons. The molecule has 1 amide bonds. The molecule has 2 aromatic rings. The van der Waals surface area contributed by atoms with E-state index >= 15 is 0 Å². The van der Waals surface area contributed by atoms with Crippen LogP contribution in [0.3, 0.4) is 0 Å². The minimum absolute atomic E-state index is 0.0427. The van der Waals surface area contributed by atoms with Crippen LogP contribution in [0.15, 0.2) is 41.3 Å². The van der Waals surface area contributed by atoms with E-state index in [1.54, 1.807) is 6.08 Å². The van der Waals surface area contributed by atoms with E-state index in [0.717, 1.165) is 20.7 Å². The van der Waals surface area contributed by atoms with E-state index in [1.165, 1.54) is 23.1 Å². The molecule has 0 radical (unpaired) electrons. The molecule has 0 saturated carbocycles. The van der Waals surface area contributed by atoms with Gasteiger partial charge < -0.3 is 10.6 Å². The Morgan fingerprint density at radius 3 is 2.91 bits per heavy atom. The first-order chi connectivity index (χ1) is 11.1. The fourth-order valence-corrected chi connectivity index (χ4v) is 3.49. The highest BCUT2D eigenvalue weighted by atomic mass is 32.2. The Hall–Kier alpha value is -1.86. The number of para-hydroxylation sites is 1. The molecule has 0 bridgehead atoms. The topological polar surface area (TPSA) is 66.9 Å². The number of rotatable bonds is 8. The maximum Gasteiger partial charge on any atom is 0.234 e. The highest BCUT2D eigenvalue weighted by molar-refractivity contribution is 8.01. The number of benzene rings is 1. The second-order valence-electron chi connectivity index (χ2n) is 5.12. The molecule has 0 aliphatic heterocycles. The van der Waals surface area contributed by atoms with Gasteiger partial charge in [0.2, 0.25) is 11.0 Å². The zero-order valence-electron chi connectivity index (χ0n) is 13.2. The monoisotopic (exact) mass is 348 g/mol. The van der Waals surface area contributed by atoms with E-state index in [9.17, 15) is 4.79 Å². The minimum Gasteiger partial charge on any atom is -0.357 e. The van der Waals surface area contributed by atoms with Gasteiger partial charge in [0.25, 0.3) is 0 Å². The molecule has 5 nitrogen and oxygen atoms in total. The van der Waals surface area contributed by atoms with Crippen LogP contribution in [0.2, 0.25) is 0 Å². The maximum atomic E-state index is 12.1. The molecular formula is C16H20N4OS2. The molecule has 1 aromatic carbocycles. The van der Waals surface area contributed by atoms with Crippen LogP contribution < -0.4 is 10.6 Å². The molecule has 0 spiro atoms. The first-order valence-corrected chi connectivity index (χ1v) is 9.10. The highest BCUT2D eigenvalue weighted by Crippen LogP contribution is 2.27. The van der Waals surface area contributed by atoms with Gasteiger partial charge >= 0.3 is 0 Å². The standard InChI is InChI=1S/C16H20N4OS2/c1-4-9-17-15-19-20-16(23-15)22-10-14(21)18-13-8-6-5-7-12(13)11(2)3/h4-8,11H,1,9-10H2,2-3H3,(H,17,19)(H,18,21). The molecule has 0 atom stereocenters. The summed E-state index contributed by atoms with van der Waals surface area (Å²) in [5.41, 5.74) is 2.01. The average Bonchev–Trinajstić information content (AvgIpc) is 2.99. The highest BCUT2D eigenvalue weighted by Gasteiger charge is 2.11. The van der Waals surface area contributed by atoms with Crippen LogP contribution in [0, 0.1) is 0 Å². The lowest BCUT2D eigenvalue weighted by atomic mass is 10.0. The number of amides is 1. The van der Waals surface area contributed by atoms with Gasteiger partial charge in [-0.05, 0) is 17.5 Å². The summed E-state index contributed by atoms with van der Waals surface area (Å²) in [6.07, 6.45) is 1.76. The van der Waals surface area contributed by atoms with E-state index in [4.69, 9.17) is 0 Å². The Kier molecular flexibility index (Phi) is 6.61. The molecule has 0 aliphatic carbocycles. The quantitative estimate of drug-likeness (QED) is 0.558. The third kappa shape index (κ3) is 5.37. The molecule has 0 aliphatic rings. The SMILES string of the molecule is C=CCNc1nnc(SCC(=O)Nc2ccccc2C(C)C)s1. The summed E-state index contributed by atoms with van der Waals surface area (Å²) in [5.74, 6) is 0.627. The van der Waals surface area contributed by atoms with Gasteiger partial charge in [-0.1, -0.05) is 61.2 Å². The fourth-order valence-electron chi connectivity index (χ4n) is 1.93. The van der Waals surface area contributed by atoms with Crippen LogP contribution in [-0.4, -0.2) is 28.4 Å². The van der Waals surface area contributed by atoms with Crippen molar-refractivity contribution >= 4 is 39.8 Å². The Morgan fingerprint density at radius 1 is 1.39 bits per heavy atom. The third-order valence-electron chi connectivity index (χ3n) is 2.99. The molecule has 7 heteroatoms. The Morgan fingerprint density at radius 2 is 2.17 bits per heavy atom. The Labute approximate surface area is 144 Å². The molecule has 1 heterocycles. The molecule has 2 N–H and O–H groups in total.